The molecule has 0 radical (unpaired) electrons. The van der Waals surface area contributed by atoms with Gasteiger partial charge in [0.05, 0.1) is 5.69 Å². The molecule has 2 aliphatic heterocycles. The summed E-state index contributed by atoms with van der Waals surface area (Å²) >= 11 is 0. The van der Waals surface area contributed by atoms with Crippen LogP contribution in [0.2, 0.25) is 0 Å². The van der Waals surface area contributed by atoms with Gasteiger partial charge in [-0.3, -0.25) is 0 Å². The number of nitrogens with zero attached hydrogens (tertiary/aromatic N) is 2. The molecule has 0 aromatic heterocycles. The SMILES string of the molecule is Cc1cc2c3c(c1)N(c1cc4c(cc1-c1ccccc1)C(C)(C)CCC4(C)C)c1cc(N(c4cc5c(cc4C)C(C)(C)CCC5(C)C)c4cc5c(cc4C)C(C)(C)CCC5(C)C)ccc1B3c1cccc3c1C2C1(C)CCCCC31C. The fourth-order valence-electron chi connectivity index (χ4n) is 18.4. The quantitative estimate of drug-likeness (QED) is 0.159. The molecule has 81 heavy (non-hydrogen) atoms. The van der Waals surface area contributed by atoms with E-state index in [1.807, 2.05) is 0 Å². The van der Waals surface area contributed by atoms with Crippen LogP contribution in [0.25, 0.3) is 11.1 Å². The molecule has 0 N–H and O–H groups in total. The highest BCUT2D eigenvalue weighted by atomic mass is 15.2. The standard InChI is InChI=1S/C78H91BN2/c1-47-38-53-69-68-54(77(16)30-21-22-31-78(69,77)17)26-23-27-62(68)79-61-29-28-51(42-66(61)81(67(39-47)70(53)79)65-46-60-57(73(8,9)34-37-76(60,14)15)43-52(65)50-24-19-18-20-25-50)80(63-44-58-55(40-48(63)2)71(4,5)32-35-74(58,10)11)64-45-59-56(41-49(64)3)72(6,7)33-36-75(59,12)13/h18-20,23-29,38-46,69H,21-22,30-37H2,1-17H3. The summed E-state index contributed by atoms with van der Waals surface area (Å²) in [5.74, 6) is 0.344. The first-order chi connectivity index (χ1) is 38.1. The van der Waals surface area contributed by atoms with Crippen molar-refractivity contribution in [2.24, 2.45) is 5.41 Å². The van der Waals surface area contributed by atoms with E-state index < -0.39 is 0 Å². The van der Waals surface area contributed by atoms with Gasteiger partial charge in [0.1, 0.15) is 0 Å². The predicted octanol–water partition coefficient (Wildman–Crippen LogP) is 19.4. The number of hydrogen-bond acceptors (Lipinski definition) is 2. The van der Waals surface area contributed by atoms with Crippen molar-refractivity contribution in [3.63, 3.8) is 0 Å². The minimum Gasteiger partial charge on any atom is -0.311 e. The summed E-state index contributed by atoms with van der Waals surface area (Å²) in [6.07, 6.45) is 12.2. The number of aryl methyl sites for hydroxylation is 3. The van der Waals surface area contributed by atoms with Gasteiger partial charge in [0.2, 0.25) is 6.71 Å². The van der Waals surface area contributed by atoms with Gasteiger partial charge in [0.25, 0.3) is 0 Å². The Morgan fingerprint density at radius 1 is 0.432 bits per heavy atom. The monoisotopic (exact) mass is 1070 g/mol. The molecule has 3 heteroatoms. The van der Waals surface area contributed by atoms with E-state index in [0.29, 0.717) is 5.92 Å². The number of anilines is 6. The second-order valence-corrected chi connectivity index (χ2v) is 31.8. The smallest absolute Gasteiger partial charge is 0.247 e. The van der Waals surface area contributed by atoms with E-state index in [4.69, 9.17) is 0 Å². The zero-order valence-corrected chi connectivity index (χ0v) is 52.6. The van der Waals surface area contributed by atoms with Gasteiger partial charge < -0.3 is 9.80 Å². The summed E-state index contributed by atoms with van der Waals surface area (Å²) in [6, 6.07) is 47.9. The molecular formula is C78H91BN2. The third-order valence-electron chi connectivity index (χ3n) is 24.0. The van der Waals surface area contributed by atoms with Crippen LogP contribution in [0.15, 0.2) is 115 Å². The van der Waals surface area contributed by atoms with E-state index in [1.165, 1.54) is 164 Å². The van der Waals surface area contributed by atoms with Crippen molar-refractivity contribution in [3.8, 4) is 11.1 Å². The molecule has 5 aliphatic carbocycles. The summed E-state index contributed by atoms with van der Waals surface area (Å²) in [5, 5.41) is 0. The molecule has 7 aromatic carbocycles. The number of rotatable bonds is 5. The largest absolute Gasteiger partial charge is 0.311 e. The van der Waals surface area contributed by atoms with Gasteiger partial charge in [-0.05, 0) is 241 Å². The molecular weight excluding hydrogens is 976 g/mol. The van der Waals surface area contributed by atoms with Crippen LogP contribution in [-0.4, -0.2) is 6.71 Å². The van der Waals surface area contributed by atoms with Crippen molar-refractivity contribution in [2.75, 3.05) is 9.80 Å². The van der Waals surface area contributed by atoms with Crippen LogP contribution in [-0.2, 0) is 37.9 Å². The Morgan fingerprint density at radius 3 is 1.52 bits per heavy atom. The van der Waals surface area contributed by atoms with Gasteiger partial charge in [-0.25, -0.2) is 0 Å². The van der Waals surface area contributed by atoms with Crippen LogP contribution in [0.1, 0.15) is 234 Å². The van der Waals surface area contributed by atoms with Crippen LogP contribution >= 0.6 is 0 Å². The average Bonchev–Trinajstić information content (AvgIpc) is 2.06. The fraction of sp³-hybridized carbons (Fsp3) is 0.462. The summed E-state index contributed by atoms with van der Waals surface area (Å²) in [5.41, 5.74) is 33.4. The highest BCUT2D eigenvalue weighted by molar-refractivity contribution is 6.99. The third kappa shape index (κ3) is 7.43. The normalized spacial score (nSPS) is 24.9. The van der Waals surface area contributed by atoms with Gasteiger partial charge in [-0.2, -0.15) is 0 Å². The van der Waals surface area contributed by atoms with Crippen molar-refractivity contribution >= 4 is 57.2 Å². The van der Waals surface area contributed by atoms with Crippen LogP contribution in [0.4, 0.5) is 34.1 Å². The van der Waals surface area contributed by atoms with Gasteiger partial charge in [-0.15, -0.1) is 0 Å². The minimum atomic E-state index is 0.0124. The maximum absolute atomic E-state index is 2.82. The molecule has 7 aliphatic rings. The molecule has 416 valence electrons. The van der Waals surface area contributed by atoms with E-state index >= 15 is 0 Å². The topological polar surface area (TPSA) is 6.48 Å². The van der Waals surface area contributed by atoms with Crippen molar-refractivity contribution in [2.45, 2.75) is 226 Å². The molecule has 3 unspecified atom stereocenters. The fourth-order valence-corrected chi connectivity index (χ4v) is 18.4. The molecule has 0 spiro atoms. The Labute approximate surface area is 488 Å². The molecule has 3 atom stereocenters. The lowest BCUT2D eigenvalue weighted by Gasteiger charge is -2.51. The van der Waals surface area contributed by atoms with Crippen molar-refractivity contribution < 1.29 is 0 Å². The Kier molecular flexibility index (Phi) is 11.3. The first-order valence-electron chi connectivity index (χ1n) is 31.7. The van der Waals surface area contributed by atoms with Gasteiger partial charge in [0.15, 0.2) is 0 Å². The Balaban J connectivity index is 1.11. The summed E-state index contributed by atoms with van der Waals surface area (Å²) in [4.78, 5) is 5.55. The maximum Gasteiger partial charge on any atom is 0.247 e. The van der Waals surface area contributed by atoms with E-state index in [9.17, 15) is 0 Å². The van der Waals surface area contributed by atoms with Gasteiger partial charge >= 0.3 is 0 Å². The number of fused-ring (bicyclic) bond motifs is 10. The lowest BCUT2D eigenvalue weighted by atomic mass is 9.30. The summed E-state index contributed by atoms with van der Waals surface area (Å²) in [7, 11) is 0. The van der Waals surface area contributed by atoms with E-state index in [0.717, 1.165) is 6.42 Å². The van der Waals surface area contributed by atoms with Crippen molar-refractivity contribution in [1.29, 1.82) is 0 Å². The van der Waals surface area contributed by atoms with E-state index in [2.05, 4.69) is 243 Å². The molecule has 1 saturated carbocycles. The second kappa shape index (κ2) is 17.2. The Hall–Kier alpha value is -5.80. The molecule has 0 amide bonds. The molecule has 2 nitrogen and oxygen atoms in total. The summed E-state index contributed by atoms with van der Waals surface area (Å²) < 4.78 is 0. The van der Waals surface area contributed by atoms with Crippen molar-refractivity contribution in [1.82, 2.24) is 0 Å². The third-order valence-corrected chi connectivity index (χ3v) is 24.0. The van der Waals surface area contributed by atoms with Gasteiger partial charge in [-0.1, -0.05) is 188 Å². The van der Waals surface area contributed by atoms with Crippen LogP contribution < -0.4 is 26.2 Å². The highest BCUT2D eigenvalue weighted by Crippen LogP contribution is 2.68. The van der Waals surface area contributed by atoms with E-state index in [-0.39, 0.29) is 50.0 Å². The lowest BCUT2D eigenvalue weighted by molar-refractivity contribution is 0.0926. The van der Waals surface area contributed by atoms with Crippen LogP contribution in [0.3, 0.4) is 0 Å². The maximum atomic E-state index is 2.82. The lowest BCUT2D eigenvalue weighted by Crippen LogP contribution is -2.62. The first-order valence-corrected chi connectivity index (χ1v) is 31.7. The Bertz CT molecular complexity index is 3740. The molecule has 1 fully saturated rings. The average molecular weight is 1070 g/mol. The molecule has 2 heterocycles. The van der Waals surface area contributed by atoms with Crippen LogP contribution in [0, 0.1) is 26.2 Å². The van der Waals surface area contributed by atoms with Crippen molar-refractivity contribution in [3.05, 3.63) is 182 Å². The molecule has 7 aromatic rings. The predicted molar refractivity (Wildman–Crippen MR) is 348 cm³/mol. The zero-order chi connectivity index (χ0) is 57.1. The zero-order valence-electron chi connectivity index (χ0n) is 52.6. The minimum absolute atomic E-state index is 0.0124. The summed E-state index contributed by atoms with van der Waals surface area (Å²) in [6.45, 7) is 42.6. The molecule has 14 rings (SSSR count). The molecule has 0 saturated heterocycles. The highest BCUT2D eigenvalue weighted by Gasteiger charge is 2.62. The van der Waals surface area contributed by atoms with Gasteiger partial charge in [0, 0.05) is 39.9 Å². The first kappa shape index (κ1) is 53.2. The Morgan fingerprint density at radius 2 is 0.951 bits per heavy atom. The molecule has 0 bridgehead atoms. The van der Waals surface area contributed by atoms with Crippen LogP contribution in [0.5, 0.6) is 0 Å². The second-order valence-electron chi connectivity index (χ2n) is 31.8. The number of hydrogen-bond donors (Lipinski definition) is 0. The number of benzene rings is 7. The van der Waals surface area contributed by atoms with E-state index in [1.54, 1.807) is 22.2 Å².